The van der Waals surface area contributed by atoms with E-state index in [0.717, 1.165) is 10.0 Å². The monoisotopic (exact) mass is 352 g/mol. The first-order valence-corrected chi connectivity index (χ1v) is 8.05. The maximum atomic E-state index is 12.3. The summed E-state index contributed by atoms with van der Waals surface area (Å²) in [4.78, 5) is 11.6. The molecule has 2 aromatic rings. The molecule has 0 aliphatic rings. The van der Waals surface area contributed by atoms with Crippen molar-refractivity contribution in [2.24, 2.45) is 0 Å². The maximum absolute atomic E-state index is 12.3. The van der Waals surface area contributed by atoms with Gasteiger partial charge in [0.1, 0.15) is 0 Å². The van der Waals surface area contributed by atoms with Gasteiger partial charge in [-0.15, -0.1) is 0 Å². The predicted molar refractivity (Wildman–Crippen MR) is 82.4 cm³/mol. The summed E-state index contributed by atoms with van der Waals surface area (Å²) in [5, 5.41) is 9.09. The zero-order valence-corrected chi connectivity index (χ0v) is 13.2. The lowest BCUT2D eigenvalue weighted by molar-refractivity contribution is 0.0696. The van der Waals surface area contributed by atoms with Gasteiger partial charge in [0.15, 0.2) is 0 Å². The lowest BCUT2D eigenvalue weighted by Gasteiger charge is -2.06. The third-order valence-electron chi connectivity index (χ3n) is 2.89. The molecule has 0 amide bonds. The lowest BCUT2D eigenvalue weighted by atomic mass is 10.1. The van der Waals surface area contributed by atoms with E-state index in [2.05, 4.69) is 15.9 Å². The van der Waals surface area contributed by atoms with E-state index in [4.69, 9.17) is 5.11 Å². The molecule has 0 aromatic heterocycles. The fourth-order valence-corrected chi connectivity index (χ4v) is 3.40. The van der Waals surface area contributed by atoms with E-state index in [1.165, 1.54) is 6.07 Å². The van der Waals surface area contributed by atoms with Crippen molar-refractivity contribution in [3.63, 3.8) is 0 Å². The number of carboxylic acid groups (broad SMARTS) is 1. The van der Waals surface area contributed by atoms with E-state index in [1.807, 2.05) is 24.3 Å². The fourth-order valence-electron chi connectivity index (χ4n) is 1.83. The Kier molecular flexibility index (Phi) is 4.73. The predicted octanol–water partition coefficient (Wildman–Crippen LogP) is 3.76. The van der Waals surface area contributed by atoms with E-state index in [1.54, 1.807) is 19.1 Å². The second-order valence-electron chi connectivity index (χ2n) is 4.40. The van der Waals surface area contributed by atoms with Crippen LogP contribution in [0.2, 0.25) is 0 Å². The Morgan fingerprint density at radius 3 is 2.65 bits per heavy atom. The van der Waals surface area contributed by atoms with Crippen LogP contribution in [0.4, 0.5) is 0 Å². The van der Waals surface area contributed by atoms with Crippen LogP contribution in [-0.4, -0.2) is 15.3 Å². The van der Waals surface area contributed by atoms with Crippen molar-refractivity contribution in [1.29, 1.82) is 0 Å². The molecule has 3 nitrogen and oxygen atoms in total. The van der Waals surface area contributed by atoms with E-state index >= 15 is 0 Å². The van der Waals surface area contributed by atoms with Crippen molar-refractivity contribution >= 4 is 32.7 Å². The molecule has 0 radical (unpaired) electrons. The molecule has 1 atom stereocenters. The number of carbonyl (C=O) groups is 1. The number of halogens is 1. The molecule has 0 saturated carbocycles. The average Bonchev–Trinajstić information content (AvgIpc) is 2.38. The lowest BCUT2D eigenvalue weighted by Crippen LogP contribution is -2.03. The quantitative estimate of drug-likeness (QED) is 0.911. The minimum atomic E-state index is -1.26. The van der Waals surface area contributed by atoms with Gasteiger partial charge >= 0.3 is 5.97 Å². The second kappa shape index (κ2) is 6.33. The zero-order chi connectivity index (χ0) is 14.7. The van der Waals surface area contributed by atoms with Crippen LogP contribution in [0, 0.1) is 6.92 Å². The van der Waals surface area contributed by atoms with Crippen LogP contribution in [-0.2, 0) is 16.6 Å². The number of hydrogen-bond donors (Lipinski definition) is 1. The summed E-state index contributed by atoms with van der Waals surface area (Å²) in [5.74, 6) is -0.634. The number of rotatable bonds is 4. The summed E-state index contributed by atoms with van der Waals surface area (Å²) in [5.41, 5.74) is 1.81. The van der Waals surface area contributed by atoms with Crippen LogP contribution >= 0.6 is 15.9 Å². The number of aromatic carboxylic acids is 1. The van der Waals surface area contributed by atoms with Crippen molar-refractivity contribution < 1.29 is 14.1 Å². The largest absolute Gasteiger partial charge is 0.478 e. The maximum Gasteiger partial charge on any atom is 0.335 e. The first kappa shape index (κ1) is 14.9. The summed E-state index contributed by atoms with van der Waals surface area (Å²) in [6.45, 7) is 1.73. The van der Waals surface area contributed by atoms with Crippen molar-refractivity contribution in [2.45, 2.75) is 17.6 Å². The minimum Gasteiger partial charge on any atom is -0.478 e. The smallest absolute Gasteiger partial charge is 0.335 e. The van der Waals surface area contributed by atoms with Gasteiger partial charge in [-0.05, 0) is 42.3 Å². The third-order valence-corrected chi connectivity index (χ3v) is 4.76. The molecular weight excluding hydrogens is 340 g/mol. The normalized spacial score (nSPS) is 12.1. The average molecular weight is 353 g/mol. The topological polar surface area (TPSA) is 54.4 Å². The van der Waals surface area contributed by atoms with Crippen molar-refractivity contribution in [2.75, 3.05) is 0 Å². The Bertz CT molecular complexity index is 683. The highest BCUT2D eigenvalue weighted by Gasteiger charge is 2.12. The molecule has 0 aliphatic carbocycles. The Hall–Kier alpha value is -1.46. The highest BCUT2D eigenvalue weighted by Crippen LogP contribution is 2.19. The molecule has 20 heavy (non-hydrogen) atoms. The van der Waals surface area contributed by atoms with Gasteiger partial charge in [-0.2, -0.15) is 0 Å². The first-order chi connectivity index (χ1) is 9.47. The summed E-state index contributed by atoms with van der Waals surface area (Å²) in [6.07, 6.45) is 0. The molecule has 2 rings (SSSR count). The molecular formula is C15H13BrO3S. The number of aryl methyl sites for hydroxylation is 1. The molecule has 0 bridgehead atoms. The highest BCUT2D eigenvalue weighted by molar-refractivity contribution is 9.10. The van der Waals surface area contributed by atoms with Gasteiger partial charge in [0.05, 0.1) is 22.1 Å². The van der Waals surface area contributed by atoms with Gasteiger partial charge in [-0.25, -0.2) is 4.79 Å². The Morgan fingerprint density at radius 2 is 2.00 bits per heavy atom. The highest BCUT2D eigenvalue weighted by atomic mass is 79.9. The summed E-state index contributed by atoms with van der Waals surface area (Å²) in [7, 11) is -1.26. The van der Waals surface area contributed by atoms with Crippen molar-refractivity contribution in [3.05, 3.63) is 63.6 Å². The summed E-state index contributed by atoms with van der Waals surface area (Å²) < 4.78 is 13.2. The van der Waals surface area contributed by atoms with E-state index < -0.39 is 16.8 Å². The molecule has 5 heteroatoms. The van der Waals surface area contributed by atoms with Gasteiger partial charge in [-0.3, -0.25) is 4.21 Å². The SMILES string of the molecule is Cc1ccc(S(=O)Cc2cccc(Br)c2)cc1C(=O)O. The van der Waals surface area contributed by atoms with E-state index in [-0.39, 0.29) is 5.56 Å². The molecule has 2 aromatic carbocycles. The number of benzene rings is 2. The molecule has 1 N–H and O–H groups in total. The standard InChI is InChI=1S/C15H13BrO3S/c1-10-5-6-13(8-14(10)15(17)18)20(19)9-11-3-2-4-12(16)7-11/h2-8H,9H2,1H3,(H,17,18). The van der Waals surface area contributed by atoms with Crippen molar-refractivity contribution in [3.8, 4) is 0 Å². The number of hydrogen-bond acceptors (Lipinski definition) is 2. The molecule has 104 valence electrons. The Labute approximate surface area is 128 Å². The van der Waals surface area contributed by atoms with Gasteiger partial charge < -0.3 is 5.11 Å². The van der Waals surface area contributed by atoms with E-state index in [9.17, 15) is 9.00 Å². The molecule has 0 aliphatic heterocycles. The van der Waals surface area contributed by atoms with Crippen LogP contribution in [0.3, 0.4) is 0 Å². The number of carboxylic acids is 1. The minimum absolute atomic E-state index is 0.199. The van der Waals surface area contributed by atoms with Crippen LogP contribution in [0.5, 0.6) is 0 Å². The van der Waals surface area contributed by atoms with Gasteiger partial charge in [-0.1, -0.05) is 34.1 Å². The van der Waals surface area contributed by atoms with E-state index in [0.29, 0.717) is 16.2 Å². The molecule has 0 spiro atoms. The van der Waals surface area contributed by atoms with Gasteiger partial charge in [0.2, 0.25) is 0 Å². The van der Waals surface area contributed by atoms with Gasteiger partial charge in [0, 0.05) is 9.37 Å². The first-order valence-electron chi connectivity index (χ1n) is 5.94. The third kappa shape index (κ3) is 3.55. The van der Waals surface area contributed by atoms with Crippen molar-refractivity contribution in [1.82, 2.24) is 0 Å². The Balaban J connectivity index is 2.26. The van der Waals surface area contributed by atoms with Crippen LogP contribution < -0.4 is 0 Å². The van der Waals surface area contributed by atoms with Gasteiger partial charge in [0.25, 0.3) is 0 Å². The molecule has 1 unspecified atom stereocenters. The summed E-state index contributed by atoms with van der Waals surface area (Å²) >= 11 is 3.37. The molecule has 0 saturated heterocycles. The molecule has 0 heterocycles. The zero-order valence-electron chi connectivity index (χ0n) is 10.8. The van der Waals surface area contributed by atoms with Crippen LogP contribution in [0.15, 0.2) is 51.8 Å². The molecule has 0 fully saturated rings. The van der Waals surface area contributed by atoms with Crippen LogP contribution in [0.1, 0.15) is 21.5 Å². The Morgan fingerprint density at radius 1 is 1.25 bits per heavy atom. The fraction of sp³-hybridized carbons (Fsp3) is 0.133. The summed E-state index contributed by atoms with van der Waals surface area (Å²) in [6, 6.07) is 12.5. The second-order valence-corrected chi connectivity index (χ2v) is 6.77. The van der Waals surface area contributed by atoms with Crippen LogP contribution in [0.25, 0.3) is 0 Å².